The second kappa shape index (κ2) is 6.28. The summed E-state index contributed by atoms with van der Waals surface area (Å²) in [5, 5.41) is 3.23. The van der Waals surface area contributed by atoms with Crippen molar-refractivity contribution in [2.75, 3.05) is 26.1 Å². The summed E-state index contributed by atoms with van der Waals surface area (Å²) < 4.78 is 10.4. The van der Waals surface area contributed by atoms with Crippen molar-refractivity contribution < 1.29 is 9.47 Å². The van der Waals surface area contributed by atoms with E-state index < -0.39 is 0 Å². The number of nitrogens with one attached hydrogen (secondary N) is 1. The first-order valence-electron chi connectivity index (χ1n) is 4.93. The van der Waals surface area contributed by atoms with E-state index in [0.717, 1.165) is 22.8 Å². The molecule has 0 saturated heterocycles. The Kier molecular flexibility index (Phi) is 4.99. The van der Waals surface area contributed by atoms with Crippen LogP contribution in [0.2, 0.25) is 0 Å². The molecule has 0 spiro atoms. The van der Waals surface area contributed by atoms with Gasteiger partial charge < -0.3 is 14.8 Å². The van der Waals surface area contributed by atoms with Crippen LogP contribution in [0.3, 0.4) is 0 Å². The lowest BCUT2D eigenvalue weighted by atomic mass is 10.2. The summed E-state index contributed by atoms with van der Waals surface area (Å²) in [5.41, 5.74) is 3.49. The first kappa shape index (κ1) is 12.7. The van der Waals surface area contributed by atoms with E-state index in [-0.39, 0.29) is 0 Å². The number of methoxy groups -OCH3 is 2. The van der Waals surface area contributed by atoms with Crippen LogP contribution in [-0.2, 0) is 0 Å². The van der Waals surface area contributed by atoms with E-state index in [1.54, 1.807) is 19.8 Å². The molecule has 0 radical (unpaired) electrons. The minimum atomic E-state index is 0.674. The van der Waals surface area contributed by atoms with Crippen LogP contribution in [0.5, 0.6) is 11.5 Å². The van der Waals surface area contributed by atoms with Gasteiger partial charge in [0.15, 0.2) is 0 Å². The Morgan fingerprint density at radius 3 is 2.69 bits per heavy atom. The van der Waals surface area contributed by atoms with Gasteiger partial charge in [-0.2, -0.15) is 0 Å². The number of hydrogen-bond donors (Lipinski definition) is 1. The Morgan fingerprint density at radius 1 is 1.38 bits per heavy atom. The van der Waals surface area contributed by atoms with Crippen LogP contribution in [0.15, 0.2) is 29.3 Å². The molecule has 4 heteroatoms. The predicted molar refractivity (Wildman–Crippen MR) is 67.6 cm³/mol. The van der Waals surface area contributed by atoms with Gasteiger partial charge in [0.05, 0.1) is 19.9 Å². The first-order valence-corrected chi connectivity index (χ1v) is 5.36. The summed E-state index contributed by atoms with van der Waals surface area (Å²) in [6.45, 7) is 2.62. The maximum atomic E-state index is 5.59. The van der Waals surface area contributed by atoms with Crippen LogP contribution in [0, 0.1) is 0 Å². The zero-order valence-corrected chi connectivity index (χ0v) is 10.5. The van der Waals surface area contributed by atoms with Gasteiger partial charge in [0.2, 0.25) is 0 Å². The molecule has 1 aromatic rings. The fourth-order valence-corrected chi connectivity index (χ4v) is 1.30. The quantitative estimate of drug-likeness (QED) is 0.858. The van der Waals surface area contributed by atoms with Gasteiger partial charge in [0.1, 0.15) is 11.5 Å². The van der Waals surface area contributed by atoms with Crippen molar-refractivity contribution in [3.05, 3.63) is 29.3 Å². The van der Waals surface area contributed by atoms with Gasteiger partial charge in [0, 0.05) is 18.1 Å². The minimum absolute atomic E-state index is 0.674. The third kappa shape index (κ3) is 3.35. The van der Waals surface area contributed by atoms with E-state index in [1.165, 1.54) is 0 Å². The number of hydrogen-bond acceptors (Lipinski definition) is 3. The highest BCUT2D eigenvalue weighted by molar-refractivity contribution is 6.25. The van der Waals surface area contributed by atoms with Crippen molar-refractivity contribution in [3.8, 4) is 11.5 Å². The Labute approximate surface area is 101 Å². The number of anilines is 1. The maximum absolute atomic E-state index is 5.59. The molecule has 0 unspecified atom stereocenters. The average molecular weight is 242 g/mol. The van der Waals surface area contributed by atoms with Gasteiger partial charge in [-0.25, -0.2) is 0 Å². The summed E-state index contributed by atoms with van der Waals surface area (Å²) in [6, 6.07) is 5.61. The van der Waals surface area contributed by atoms with Crippen LogP contribution in [0.1, 0.15) is 6.92 Å². The topological polar surface area (TPSA) is 30.5 Å². The van der Waals surface area contributed by atoms with Crippen LogP contribution in [0.4, 0.5) is 5.69 Å². The molecule has 1 rings (SSSR count). The predicted octanol–water partition coefficient (Wildman–Crippen LogP) is 3.26. The van der Waals surface area contributed by atoms with Crippen molar-refractivity contribution in [1.29, 1.82) is 0 Å². The molecule has 0 bridgehead atoms. The molecule has 0 aliphatic heterocycles. The second-order valence-electron chi connectivity index (χ2n) is 3.38. The normalized spacial score (nSPS) is 11.1. The molecule has 0 aliphatic rings. The Balaban J connectivity index is 2.83. The Morgan fingerprint density at radius 2 is 2.12 bits per heavy atom. The molecule has 3 nitrogen and oxygen atoms in total. The molecule has 0 heterocycles. The maximum Gasteiger partial charge on any atom is 0.142 e. The third-order valence-electron chi connectivity index (χ3n) is 2.15. The number of rotatable bonds is 5. The van der Waals surface area contributed by atoms with Crippen LogP contribution in [-0.4, -0.2) is 20.8 Å². The van der Waals surface area contributed by atoms with Gasteiger partial charge in [-0.15, -0.1) is 0 Å². The molecule has 0 saturated carbocycles. The lowest BCUT2D eigenvalue weighted by Gasteiger charge is -2.12. The van der Waals surface area contributed by atoms with E-state index in [2.05, 4.69) is 5.32 Å². The number of ether oxygens (including phenoxy) is 2. The van der Waals surface area contributed by atoms with E-state index in [4.69, 9.17) is 21.1 Å². The van der Waals surface area contributed by atoms with Crippen molar-refractivity contribution >= 4 is 17.3 Å². The summed E-state index contributed by atoms with van der Waals surface area (Å²) in [4.78, 5) is 0. The van der Waals surface area contributed by atoms with Crippen LogP contribution < -0.4 is 14.8 Å². The van der Waals surface area contributed by atoms with Crippen molar-refractivity contribution in [2.24, 2.45) is 0 Å². The number of benzene rings is 1. The van der Waals surface area contributed by atoms with Crippen molar-refractivity contribution in [3.63, 3.8) is 0 Å². The Hall–Kier alpha value is -1.35. The molecule has 16 heavy (non-hydrogen) atoms. The zero-order chi connectivity index (χ0) is 12.0. The highest BCUT2D eigenvalue weighted by Gasteiger charge is 2.04. The highest BCUT2D eigenvalue weighted by atomic mass is 35.5. The molecule has 1 N–H and O–H groups in total. The van der Waals surface area contributed by atoms with Crippen molar-refractivity contribution in [2.45, 2.75) is 6.92 Å². The lowest BCUT2D eigenvalue weighted by Crippen LogP contribution is -2.04. The van der Waals surface area contributed by atoms with Gasteiger partial charge >= 0.3 is 0 Å². The Bertz CT molecular complexity index is 377. The fraction of sp³-hybridized carbons (Fsp3) is 0.333. The summed E-state index contributed by atoms with van der Waals surface area (Å²) in [5.74, 6) is 1.57. The molecule has 0 aromatic heterocycles. The molecule has 0 atom stereocenters. The van der Waals surface area contributed by atoms with E-state index in [0.29, 0.717) is 6.54 Å². The van der Waals surface area contributed by atoms with Gasteiger partial charge in [-0.1, -0.05) is 11.6 Å². The van der Waals surface area contributed by atoms with Gasteiger partial charge in [-0.05, 0) is 24.6 Å². The van der Waals surface area contributed by atoms with Crippen molar-refractivity contribution in [1.82, 2.24) is 0 Å². The van der Waals surface area contributed by atoms with Crippen LogP contribution in [0.25, 0.3) is 0 Å². The molecule has 88 valence electrons. The van der Waals surface area contributed by atoms with E-state index in [9.17, 15) is 0 Å². The van der Waals surface area contributed by atoms with Crippen LogP contribution >= 0.6 is 11.6 Å². The monoisotopic (exact) mass is 241 g/mol. The van der Waals surface area contributed by atoms with E-state index >= 15 is 0 Å². The number of halogens is 1. The minimum Gasteiger partial charge on any atom is -0.497 e. The van der Waals surface area contributed by atoms with Gasteiger partial charge in [0.25, 0.3) is 0 Å². The first-order chi connectivity index (χ1) is 7.71. The standard InChI is InChI=1S/C12H16ClNO2/c1-9(7-13)8-14-11-6-10(15-2)4-5-12(11)16-3/h4-7,14H,8H2,1-3H3/b9-7+. The largest absolute Gasteiger partial charge is 0.497 e. The highest BCUT2D eigenvalue weighted by Crippen LogP contribution is 2.28. The molecule has 0 amide bonds. The molecule has 0 aliphatic carbocycles. The third-order valence-corrected chi connectivity index (χ3v) is 2.52. The smallest absolute Gasteiger partial charge is 0.142 e. The summed E-state index contributed by atoms with van der Waals surface area (Å²) in [6.07, 6.45) is 0. The summed E-state index contributed by atoms with van der Waals surface area (Å²) in [7, 11) is 3.27. The van der Waals surface area contributed by atoms with Gasteiger partial charge in [-0.3, -0.25) is 0 Å². The average Bonchev–Trinajstić information content (AvgIpc) is 2.35. The second-order valence-corrected chi connectivity index (χ2v) is 3.59. The molecular weight excluding hydrogens is 226 g/mol. The van der Waals surface area contributed by atoms with E-state index in [1.807, 2.05) is 25.1 Å². The summed E-state index contributed by atoms with van der Waals surface area (Å²) >= 11 is 5.59. The SMILES string of the molecule is COc1ccc(OC)c(NC/C(C)=C/Cl)c1. The molecule has 0 fully saturated rings. The lowest BCUT2D eigenvalue weighted by molar-refractivity contribution is 0.404. The zero-order valence-electron chi connectivity index (χ0n) is 9.71. The molecular formula is C12H16ClNO2. The molecule has 1 aromatic carbocycles. The fourth-order valence-electron chi connectivity index (χ4n) is 1.23.